The van der Waals surface area contributed by atoms with Crippen molar-refractivity contribution in [1.82, 2.24) is 4.57 Å². The molecule has 0 saturated carbocycles. The number of benzene rings is 2. The number of hydrogen-bond donors (Lipinski definition) is 0. The minimum Gasteiger partial charge on any atom is -0.497 e. The fourth-order valence-corrected chi connectivity index (χ4v) is 3.19. The lowest BCUT2D eigenvalue weighted by molar-refractivity contribution is 0.0563. The first-order valence-electron chi connectivity index (χ1n) is 8.02. The number of methoxy groups -OCH3 is 3. The number of esters is 1. The number of ether oxygens (including phenoxy) is 3. The Morgan fingerprint density at radius 1 is 1.00 bits per heavy atom. The summed E-state index contributed by atoms with van der Waals surface area (Å²) in [4.78, 5) is 12.1. The van der Waals surface area contributed by atoms with E-state index < -0.39 is 5.97 Å². The monoisotopic (exact) mass is 351 g/mol. The maximum Gasteiger partial charge on any atom is 0.378 e. The Bertz CT molecular complexity index is 1110. The summed E-state index contributed by atoms with van der Waals surface area (Å²) < 4.78 is 23.6. The maximum atomic E-state index is 12.1. The highest BCUT2D eigenvalue weighted by atomic mass is 16.5. The summed E-state index contributed by atoms with van der Waals surface area (Å²) in [6.07, 6.45) is 0. The zero-order valence-electron chi connectivity index (χ0n) is 14.6. The molecule has 132 valence electrons. The van der Waals surface area contributed by atoms with E-state index >= 15 is 0 Å². The van der Waals surface area contributed by atoms with Crippen LogP contribution in [0.15, 0.2) is 52.9 Å². The number of carbonyl (C=O) groups is 1. The second-order valence-corrected chi connectivity index (χ2v) is 5.69. The Balaban J connectivity index is 2.18. The molecule has 0 radical (unpaired) electrons. The predicted octanol–water partition coefficient (Wildman–Crippen LogP) is 4.18. The molecular formula is C20H17NO5. The molecule has 6 heteroatoms. The van der Waals surface area contributed by atoms with Crippen molar-refractivity contribution in [1.29, 1.82) is 0 Å². The van der Waals surface area contributed by atoms with Crippen LogP contribution in [0.2, 0.25) is 0 Å². The molecule has 2 heterocycles. The Labute approximate surface area is 149 Å². The average molecular weight is 351 g/mol. The van der Waals surface area contributed by atoms with Crippen molar-refractivity contribution in [2.75, 3.05) is 21.3 Å². The van der Waals surface area contributed by atoms with Crippen LogP contribution in [0.3, 0.4) is 0 Å². The minimum absolute atomic E-state index is 0.0365. The van der Waals surface area contributed by atoms with E-state index in [9.17, 15) is 4.79 Å². The van der Waals surface area contributed by atoms with Gasteiger partial charge in [-0.05, 0) is 30.3 Å². The number of furan rings is 1. The van der Waals surface area contributed by atoms with Crippen LogP contribution in [0.1, 0.15) is 10.6 Å². The molecule has 2 aromatic carbocycles. The van der Waals surface area contributed by atoms with Crippen molar-refractivity contribution in [3.63, 3.8) is 0 Å². The second-order valence-electron chi connectivity index (χ2n) is 5.69. The molecule has 0 unspecified atom stereocenters. The quantitative estimate of drug-likeness (QED) is 0.516. The summed E-state index contributed by atoms with van der Waals surface area (Å²) >= 11 is 0. The van der Waals surface area contributed by atoms with E-state index in [1.807, 2.05) is 53.1 Å². The van der Waals surface area contributed by atoms with Gasteiger partial charge in [-0.3, -0.25) is 0 Å². The number of hydrogen-bond acceptors (Lipinski definition) is 5. The van der Waals surface area contributed by atoms with Crippen LogP contribution < -0.4 is 9.47 Å². The van der Waals surface area contributed by atoms with Crippen LogP contribution in [0.4, 0.5) is 0 Å². The van der Waals surface area contributed by atoms with E-state index in [-0.39, 0.29) is 5.76 Å². The van der Waals surface area contributed by atoms with Crippen LogP contribution in [0, 0.1) is 0 Å². The topological polar surface area (TPSA) is 62.8 Å². The predicted molar refractivity (Wildman–Crippen MR) is 97.5 cm³/mol. The third-order valence-corrected chi connectivity index (χ3v) is 4.34. The van der Waals surface area contributed by atoms with Crippen molar-refractivity contribution < 1.29 is 23.4 Å². The number of nitrogens with zero attached hydrogens (tertiary/aromatic N) is 1. The molecule has 0 amide bonds. The molecule has 0 spiro atoms. The maximum absolute atomic E-state index is 12.1. The largest absolute Gasteiger partial charge is 0.497 e. The summed E-state index contributed by atoms with van der Waals surface area (Å²) in [6.45, 7) is 0. The third-order valence-electron chi connectivity index (χ3n) is 4.34. The van der Waals surface area contributed by atoms with Crippen LogP contribution in [-0.4, -0.2) is 31.9 Å². The Hall–Kier alpha value is -3.41. The van der Waals surface area contributed by atoms with Crippen molar-refractivity contribution in [3.05, 3.63) is 54.3 Å². The number of aromatic nitrogens is 1. The summed E-state index contributed by atoms with van der Waals surface area (Å²) in [5.74, 6) is 0.480. The summed E-state index contributed by atoms with van der Waals surface area (Å²) in [6, 6.07) is 15.5. The number of carbonyl (C=O) groups excluding carboxylic acids is 1. The third kappa shape index (κ3) is 2.23. The highest BCUT2D eigenvalue weighted by Crippen LogP contribution is 2.42. The van der Waals surface area contributed by atoms with Crippen LogP contribution in [0.25, 0.3) is 27.7 Å². The molecule has 0 atom stereocenters. The summed E-state index contributed by atoms with van der Waals surface area (Å²) in [7, 11) is 4.42. The molecule has 6 nitrogen and oxygen atoms in total. The average Bonchev–Trinajstić information content (AvgIpc) is 3.21. The molecule has 0 bridgehead atoms. The van der Waals surface area contributed by atoms with Crippen molar-refractivity contribution in [3.8, 4) is 17.2 Å². The van der Waals surface area contributed by atoms with Crippen molar-refractivity contribution in [2.45, 2.75) is 0 Å². The zero-order chi connectivity index (χ0) is 18.3. The molecule has 0 fully saturated rings. The van der Waals surface area contributed by atoms with Gasteiger partial charge in [0.2, 0.25) is 0 Å². The Morgan fingerprint density at radius 3 is 2.42 bits per heavy atom. The van der Waals surface area contributed by atoms with Crippen LogP contribution in [0.5, 0.6) is 11.5 Å². The number of para-hydroxylation sites is 1. The smallest absolute Gasteiger partial charge is 0.378 e. The van der Waals surface area contributed by atoms with Gasteiger partial charge in [-0.2, -0.15) is 0 Å². The van der Waals surface area contributed by atoms with Gasteiger partial charge >= 0.3 is 5.97 Å². The summed E-state index contributed by atoms with van der Waals surface area (Å²) in [5, 5.41) is 0.816. The van der Waals surface area contributed by atoms with Crippen LogP contribution in [-0.2, 0) is 4.74 Å². The van der Waals surface area contributed by atoms with E-state index in [2.05, 4.69) is 0 Å². The fraction of sp³-hybridized carbons (Fsp3) is 0.150. The van der Waals surface area contributed by atoms with Gasteiger partial charge in [0.15, 0.2) is 11.3 Å². The lowest BCUT2D eigenvalue weighted by Gasteiger charge is -2.09. The van der Waals surface area contributed by atoms with Gasteiger partial charge in [0.25, 0.3) is 5.76 Å². The molecular weight excluding hydrogens is 334 g/mol. The molecule has 0 saturated heterocycles. The molecule has 0 aliphatic heterocycles. The van der Waals surface area contributed by atoms with Gasteiger partial charge in [0.05, 0.1) is 26.8 Å². The van der Waals surface area contributed by atoms with Gasteiger partial charge in [-0.15, -0.1) is 0 Å². The van der Waals surface area contributed by atoms with E-state index in [1.165, 1.54) is 14.2 Å². The SMILES string of the molecule is COC(=O)c1oc2c3cc(OC)ccc3n(-c3ccccc3)c2c1OC. The van der Waals surface area contributed by atoms with Crippen LogP contribution >= 0.6 is 0 Å². The van der Waals surface area contributed by atoms with E-state index in [4.69, 9.17) is 18.6 Å². The lowest BCUT2D eigenvalue weighted by atomic mass is 10.2. The summed E-state index contributed by atoms with van der Waals surface area (Å²) in [5.41, 5.74) is 3.05. The first-order valence-corrected chi connectivity index (χ1v) is 8.02. The van der Waals surface area contributed by atoms with E-state index in [1.54, 1.807) is 7.11 Å². The molecule has 26 heavy (non-hydrogen) atoms. The zero-order valence-corrected chi connectivity index (χ0v) is 14.6. The lowest BCUT2D eigenvalue weighted by Crippen LogP contribution is -2.02. The van der Waals surface area contributed by atoms with Crippen molar-refractivity contribution >= 4 is 28.0 Å². The van der Waals surface area contributed by atoms with Gasteiger partial charge in [-0.25, -0.2) is 4.79 Å². The highest BCUT2D eigenvalue weighted by Gasteiger charge is 2.28. The van der Waals surface area contributed by atoms with Gasteiger partial charge in [0, 0.05) is 11.1 Å². The molecule has 2 aromatic heterocycles. The minimum atomic E-state index is -0.589. The Kier molecular flexibility index (Phi) is 3.80. The van der Waals surface area contributed by atoms with Crippen molar-refractivity contribution in [2.24, 2.45) is 0 Å². The molecule has 0 aliphatic carbocycles. The second kappa shape index (κ2) is 6.15. The molecule has 0 N–H and O–H groups in total. The van der Waals surface area contributed by atoms with Gasteiger partial charge in [0.1, 0.15) is 11.3 Å². The first kappa shape index (κ1) is 16.1. The molecule has 4 aromatic rings. The molecule has 4 rings (SSSR count). The Morgan fingerprint density at radius 2 is 1.77 bits per heavy atom. The highest BCUT2D eigenvalue weighted by molar-refractivity contribution is 6.11. The fourth-order valence-electron chi connectivity index (χ4n) is 3.19. The van der Waals surface area contributed by atoms with Gasteiger partial charge in [-0.1, -0.05) is 18.2 Å². The molecule has 0 aliphatic rings. The standard InChI is InChI=1S/C20H17NO5/c1-23-13-9-10-15-14(11-13)17-16(21(15)12-7-5-4-6-8-12)18(24-2)19(26-17)20(22)25-3/h4-11H,1-3H3. The normalized spacial score (nSPS) is 11.0. The first-order chi connectivity index (χ1) is 12.7. The number of fused-ring (bicyclic) bond motifs is 3. The van der Waals surface area contributed by atoms with E-state index in [0.717, 1.165) is 16.6 Å². The number of rotatable bonds is 4. The van der Waals surface area contributed by atoms with E-state index in [0.29, 0.717) is 22.6 Å². The van der Waals surface area contributed by atoms with Gasteiger partial charge < -0.3 is 23.2 Å².